The Labute approximate surface area is 121 Å². The lowest BCUT2D eigenvalue weighted by molar-refractivity contribution is 0.0776. The zero-order chi connectivity index (χ0) is 14.8. The zero-order valence-corrected chi connectivity index (χ0v) is 12.9. The molecule has 2 heterocycles. The average molecular weight is 275 g/mol. The molecule has 1 amide bonds. The van der Waals surface area contributed by atoms with Gasteiger partial charge in [-0.1, -0.05) is 20.8 Å². The summed E-state index contributed by atoms with van der Waals surface area (Å²) >= 11 is 0. The van der Waals surface area contributed by atoms with Gasteiger partial charge in [0.1, 0.15) is 5.82 Å². The fourth-order valence-electron chi connectivity index (χ4n) is 2.64. The summed E-state index contributed by atoms with van der Waals surface area (Å²) in [5, 5.41) is 3.13. The second-order valence-electron chi connectivity index (χ2n) is 6.57. The van der Waals surface area contributed by atoms with E-state index >= 15 is 0 Å². The Morgan fingerprint density at radius 1 is 1.45 bits per heavy atom. The minimum atomic E-state index is 0.104. The van der Waals surface area contributed by atoms with Crippen LogP contribution in [0.25, 0.3) is 0 Å². The number of hydrogen-bond donors (Lipinski definition) is 1. The van der Waals surface area contributed by atoms with Crippen LogP contribution in [0.15, 0.2) is 18.3 Å². The number of anilines is 1. The average Bonchev–Trinajstić information content (AvgIpc) is 2.89. The smallest absolute Gasteiger partial charge is 0.255 e. The molecule has 1 aliphatic rings. The number of likely N-dealkylation sites (tertiary alicyclic amines) is 1. The molecule has 0 saturated carbocycles. The summed E-state index contributed by atoms with van der Waals surface area (Å²) in [6.45, 7) is 11.3. The molecular weight excluding hydrogens is 250 g/mol. The van der Waals surface area contributed by atoms with Crippen molar-refractivity contribution in [3.8, 4) is 0 Å². The third-order valence-electron chi connectivity index (χ3n) is 4.07. The molecule has 1 aliphatic heterocycles. The van der Waals surface area contributed by atoms with E-state index in [1.165, 1.54) is 0 Å². The molecule has 1 fully saturated rings. The molecule has 4 nitrogen and oxygen atoms in total. The Hall–Kier alpha value is -1.58. The van der Waals surface area contributed by atoms with Crippen LogP contribution in [-0.4, -0.2) is 35.4 Å². The number of pyridine rings is 1. The zero-order valence-electron chi connectivity index (χ0n) is 12.9. The first-order valence-corrected chi connectivity index (χ1v) is 7.41. The highest BCUT2D eigenvalue weighted by atomic mass is 16.2. The quantitative estimate of drug-likeness (QED) is 0.922. The number of nitrogens with zero attached hydrogens (tertiary/aromatic N) is 2. The van der Waals surface area contributed by atoms with Gasteiger partial charge < -0.3 is 10.2 Å². The number of aromatic nitrogens is 1. The second-order valence-corrected chi connectivity index (χ2v) is 6.57. The summed E-state index contributed by atoms with van der Waals surface area (Å²) in [6, 6.07) is 3.73. The molecule has 20 heavy (non-hydrogen) atoms. The molecular formula is C16H25N3O. The second kappa shape index (κ2) is 5.81. The van der Waals surface area contributed by atoms with Crippen molar-refractivity contribution >= 4 is 11.7 Å². The first-order chi connectivity index (χ1) is 9.41. The highest BCUT2D eigenvalue weighted by molar-refractivity contribution is 5.94. The van der Waals surface area contributed by atoms with Gasteiger partial charge in [-0.25, -0.2) is 4.98 Å². The van der Waals surface area contributed by atoms with Crippen molar-refractivity contribution < 1.29 is 4.79 Å². The molecule has 2 rings (SSSR count). The molecule has 1 aromatic heterocycles. The molecule has 0 spiro atoms. The van der Waals surface area contributed by atoms with Gasteiger partial charge in [-0.05, 0) is 36.8 Å². The van der Waals surface area contributed by atoms with Crippen LogP contribution in [-0.2, 0) is 0 Å². The van der Waals surface area contributed by atoms with Crippen molar-refractivity contribution in [1.29, 1.82) is 0 Å². The number of carbonyl (C=O) groups is 1. The predicted molar refractivity (Wildman–Crippen MR) is 81.9 cm³/mol. The van der Waals surface area contributed by atoms with Crippen LogP contribution in [0.1, 0.15) is 44.5 Å². The van der Waals surface area contributed by atoms with E-state index in [1.807, 2.05) is 24.0 Å². The molecule has 110 valence electrons. The maximum absolute atomic E-state index is 12.5. The highest BCUT2D eigenvalue weighted by Crippen LogP contribution is 2.34. The molecule has 1 aromatic rings. The van der Waals surface area contributed by atoms with Crippen LogP contribution in [0.5, 0.6) is 0 Å². The standard InChI is InChI=1S/C16H25N3O/c1-5-17-14-7-6-12(10-18-14)15(20)19-9-8-13(11-19)16(2,3)4/h6-7,10,13H,5,8-9,11H2,1-4H3,(H,17,18). The van der Waals surface area contributed by atoms with Crippen molar-refractivity contribution in [1.82, 2.24) is 9.88 Å². The third kappa shape index (κ3) is 3.30. The molecule has 4 heteroatoms. The Bertz CT molecular complexity index is 462. The molecule has 1 unspecified atom stereocenters. The van der Waals surface area contributed by atoms with Gasteiger partial charge in [0, 0.05) is 25.8 Å². The van der Waals surface area contributed by atoms with Crippen LogP contribution in [0, 0.1) is 11.3 Å². The number of nitrogens with one attached hydrogen (secondary N) is 1. The van der Waals surface area contributed by atoms with Gasteiger partial charge >= 0.3 is 0 Å². The monoisotopic (exact) mass is 275 g/mol. The Balaban J connectivity index is 2.01. The van der Waals surface area contributed by atoms with Crippen LogP contribution < -0.4 is 5.32 Å². The van der Waals surface area contributed by atoms with Gasteiger partial charge in [-0.15, -0.1) is 0 Å². The van der Waals surface area contributed by atoms with E-state index in [1.54, 1.807) is 6.20 Å². The summed E-state index contributed by atoms with van der Waals surface area (Å²) in [5.41, 5.74) is 0.948. The topological polar surface area (TPSA) is 45.2 Å². The van der Waals surface area contributed by atoms with Crippen molar-refractivity contribution in [3.05, 3.63) is 23.9 Å². The molecule has 0 aromatic carbocycles. The summed E-state index contributed by atoms with van der Waals surface area (Å²) in [6.07, 6.45) is 2.77. The molecule has 1 atom stereocenters. The van der Waals surface area contributed by atoms with Gasteiger partial charge in [0.15, 0.2) is 0 Å². The SMILES string of the molecule is CCNc1ccc(C(=O)N2CCC(C(C)(C)C)C2)cn1. The predicted octanol–water partition coefficient (Wildman–Crippen LogP) is 3.02. The third-order valence-corrected chi connectivity index (χ3v) is 4.07. The highest BCUT2D eigenvalue weighted by Gasteiger charge is 2.34. The van der Waals surface area contributed by atoms with Crippen LogP contribution in [0.3, 0.4) is 0 Å². The molecule has 0 bridgehead atoms. The van der Waals surface area contributed by atoms with Crippen molar-refractivity contribution in [2.45, 2.75) is 34.1 Å². The van der Waals surface area contributed by atoms with Crippen molar-refractivity contribution in [3.63, 3.8) is 0 Å². The van der Waals surface area contributed by atoms with E-state index < -0.39 is 0 Å². The fourth-order valence-corrected chi connectivity index (χ4v) is 2.64. The normalized spacial score (nSPS) is 19.2. The van der Waals surface area contributed by atoms with Gasteiger partial charge in [-0.2, -0.15) is 0 Å². The van der Waals surface area contributed by atoms with E-state index in [4.69, 9.17) is 0 Å². The first-order valence-electron chi connectivity index (χ1n) is 7.41. The largest absolute Gasteiger partial charge is 0.370 e. The van der Waals surface area contributed by atoms with Gasteiger partial charge in [-0.3, -0.25) is 4.79 Å². The molecule has 1 N–H and O–H groups in total. The molecule has 0 radical (unpaired) electrons. The summed E-state index contributed by atoms with van der Waals surface area (Å²) < 4.78 is 0. The van der Waals surface area contributed by atoms with E-state index in [0.29, 0.717) is 11.5 Å². The molecule has 0 aliphatic carbocycles. The van der Waals surface area contributed by atoms with E-state index in [9.17, 15) is 4.79 Å². The fraction of sp³-hybridized carbons (Fsp3) is 0.625. The lowest BCUT2D eigenvalue weighted by Crippen LogP contribution is -2.31. The summed E-state index contributed by atoms with van der Waals surface area (Å²) in [7, 11) is 0. The lowest BCUT2D eigenvalue weighted by atomic mass is 9.80. The van der Waals surface area contributed by atoms with Gasteiger partial charge in [0.05, 0.1) is 5.56 Å². The molecule has 1 saturated heterocycles. The van der Waals surface area contributed by atoms with Crippen LogP contribution in [0.2, 0.25) is 0 Å². The van der Waals surface area contributed by atoms with E-state index in [2.05, 4.69) is 31.1 Å². The van der Waals surface area contributed by atoms with E-state index in [-0.39, 0.29) is 11.3 Å². The lowest BCUT2D eigenvalue weighted by Gasteiger charge is -2.27. The van der Waals surface area contributed by atoms with Crippen LogP contribution in [0.4, 0.5) is 5.82 Å². The van der Waals surface area contributed by atoms with Gasteiger partial charge in [0.25, 0.3) is 5.91 Å². The Morgan fingerprint density at radius 3 is 2.70 bits per heavy atom. The van der Waals surface area contributed by atoms with Crippen LogP contribution >= 0.6 is 0 Å². The number of amides is 1. The Kier molecular flexibility index (Phi) is 4.31. The van der Waals surface area contributed by atoms with Crippen molar-refractivity contribution in [2.75, 3.05) is 25.0 Å². The number of rotatable bonds is 3. The number of hydrogen-bond acceptors (Lipinski definition) is 3. The van der Waals surface area contributed by atoms with Gasteiger partial charge in [0.2, 0.25) is 0 Å². The number of carbonyl (C=O) groups excluding carboxylic acids is 1. The minimum absolute atomic E-state index is 0.104. The minimum Gasteiger partial charge on any atom is -0.370 e. The van der Waals surface area contributed by atoms with Crippen molar-refractivity contribution in [2.24, 2.45) is 11.3 Å². The maximum atomic E-state index is 12.5. The Morgan fingerprint density at radius 2 is 2.20 bits per heavy atom. The maximum Gasteiger partial charge on any atom is 0.255 e. The summed E-state index contributed by atoms with van der Waals surface area (Å²) in [5.74, 6) is 1.51. The first kappa shape index (κ1) is 14.8. The van der Waals surface area contributed by atoms with E-state index in [0.717, 1.165) is 31.9 Å². The summed E-state index contributed by atoms with van der Waals surface area (Å²) in [4.78, 5) is 18.7.